The summed E-state index contributed by atoms with van der Waals surface area (Å²) in [5, 5.41) is 7.52. The minimum Gasteiger partial charge on any atom is -0.385 e. The number of ether oxygens (including phenoxy) is 1. The van der Waals surface area contributed by atoms with Gasteiger partial charge in [0.15, 0.2) is 5.82 Å². The summed E-state index contributed by atoms with van der Waals surface area (Å²) in [7, 11) is 1.71. The number of hydrogen-bond donors (Lipinski definition) is 2. The number of aromatic nitrogens is 2. The molecule has 0 unspecified atom stereocenters. The molecule has 0 amide bonds. The summed E-state index contributed by atoms with van der Waals surface area (Å²) in [6, 6.07) is 19.9. The van der Waals surface area contributed by atoms with Crippen LogP contribution in [0.2, 0.25) is 5.02 Å². The fourth-order valence-corrected chi connectivity index (χ4v) is 3.02. The highest BCUT2D eigenvalue weighted by atomic mass is 35.5. The molecule has 28 heavy (non-hydrogen) atoms. The van der Waals surface area contributed by atoms with E-state index in [1.54, 1.807) is 7.11 Å². The van der Waals surface area contributed by atoms with Gasteiger partial charge in [-0.25, -0.2) is 9.97 Å². The largest absolute Gasteiger partial charge is 0.385 e. The van der Waals surface area contributed by atoms with Crippen LogP contribution < -0.4 is 10.6 Å². The Labute approximate surface area is 171 Å². The van der Waals surface area contributed by atoms with Gasteiger partial charge >= 0.3 is 0 Å². The lowest BCUT2D eigenvalue weighted by Gasteiger charge is -2.12. The first-order valence-corrected chi connectivity index (χ1v) is 9.78. The summed E-state index contributed by atoms with van der Waals surface area (Å²) in [6.45, 7) is 2.27. The molecule has 0 saturated carbocycles. The molecule has 1 heterocycles. The highest BCUT2D eigenvalue weighted by Gasteiger charge is 2.07. The molecular formula is C22H25ClN4O. The third-order valence-electron chi connectivity index (χ3n) is 4.20. The van der Waals surface area contributed by atoms with Crippen molar-refractivity contribution in [2.75, 3.05) is 37.4 Å². The Morgan fingerprint density at radius 3 is 2.36 bits per heavy atom. The molecule has 6 heteroatoms. The van der Waals surface area contributed by atoms with Crippen LogP contribution in [0.4, 0.5) is 11.6 Å². The van der Waals surface area contributed by atoms with E-state index in [0.29, 0.717) is 12.4 Å². The maximum Gasteiger partial charge on any atom is 0.163 e. The molecule has 0 bridgehead atoms. The molecule has 2 aromatic carbocycles. The molecule has 0 fully saturated rings. The summed E-state index contributed by atoms with van der Waals surface area (Å²) in [4.78, 5) is 9.34. The van der Waals surface area contributed by atoms with Gasteiger partial charge in [-0.1, -0.05) is 54.1 Å². The van der Waals surface area contributed by atoms with E-state index in [1.807, 2.05) is 54.6 Å². The molecule has 5 nitrogen and oxygen atoms in total. The summed E-state index contributed by atoms with van der Waals surface area (Å²) in [5.41, 5.74) is 2.18. The Bertz CT molecular complexity index is 873. The number of nitrogens with zero attached hydrogens (tertiary/aromatic N) is 2. The molecular weight excluding hydrogens is 372 g/mol. The van der Waals surface area contributed by atoms with E-state index >= 15 is 0 Å². The number of halogens is 1. The fraction of sp³-hybridized carbons (Fsp3) is 0.273. The van der Waals surface area contributed by atoms with E-state index in [4.69, 9.17) is 16.3 Å². The minimum absolute atomic E-state index is 0.697. The fourth-order valence-electron chi connectivity index (χ4n) is 2.81. The van der Waals surface area contributed by atoms with Crippen molar-refractivity contribution >= 4 is 23.2 Å². The third-order valence-corrected chi connectivity index (χ3v) is 4.43. The first-order valence-electron chi connectivity index (χ1n) is 9.40. The van der Waals surface area contributed by atoms with Gasteiger partial charge in [0.1, 0.15) is 11.6 Å². The quantitative estimate of drug-likeness (QED) is 0.477. The molecule has 0 aliphatic heterocycles. The predicted octanol–water partition coefficient (Wildman–Crippen LogP) is 4.90. The summed E-state index contributed by atoms with van der Waals surface area (Å²) >= 11 is 6.06. The second-order valence-electron chi connectivity index (χ2n) is 6.41. The monoisotopic (exact) mass is 396 g/mol. The van der Waals surface area contributed by atoms with E-state index in [0.717, 1.165) is 48.2 Å². The van der Waals surface area contributed by atoms with Crippen LogP contribution in [0.25, 0.3) is 11.4 Å². The molecule has 1 aromatic heterocycles. The Hall–Kier alpha value is -2.63. The van der Waals surface area contributed by atoms with E-state index in [2.05, 4.69) is 26.7 Å². The van der Waals surface area contributed by atoms with Gasteiger partial charge in [0.2, 0.25) is 0 Å². The highest BCUT2D eigenvalue weighted by molar-refractivity contribution is 6.30. The first-order chi connectivity index (χ1) is 13.7. The van der Waals surface area contributed by atoms with Gasteiger partial charge in [0.05, 0.1) is 0 Å². The second kappa shape index (κ2) is 10.6. The molecule has 146 valence electrons. The van der Waals surface area contributed by atoms with Crippen LogP contribution in [0.1, 0.15) is 12.0 Å². The van der Waals surface area contributed by atoms with E-state index in [-0.39, 0.29) is 0 Å². The lowest BCUT2D eigenvalue weighted by atomic mass is 10.1. The van der Waals surface area contributed by atoms with Gasteiger partial charge in [0, 0.05) is 43.5 Å². The molecule has 3 aromatic rings. The Morgan fingerprint density at radius 1 is 0.893 bits per heavy atom. The lowest BCUT2D eigenvalue weighted by molar-refractivity contribution is 0.198. The summed E-state index contributed by atoms with van der Waals surface area (Å²) in [6.07, 6.45) is 1.78. The van der Waals surface area contributed by atoms with Crippen molar-refractivity contribution in [2.45, 2.75) is 12.8 Å². The molecule has 0 aliphatic carbocycles. The van der Waals surface area contributed by atoms with Gasteiger partial charge in [-0.05, 0) is 30.5 Å². The molecule has 0 radical (unpaired) electrons. The van der Waals surface area contributed by atoms with Crippen LogP contribution in [0.5, 0.6) is 0 Å². The Balaban J connectivity index is 1.70. The van der Waals surface area contributed by atoms with Gasteiger partial charge in [-0.3, -0.25) is 0 Å². The van der Waals surface area contributed by atoms with Crippen LogP contribution in [-0.4, -0.2) is 36.8 Å². The maximum absolute atomic E-state index is 6.06. The SMILES string of the molecule is COCCCNc1cc(NCCc2cccc(Cl)c2)nc(-c2ccccc2)n1. The van der Waals surface area contributed by atoms with E-state index in [9.17, 15) is 0 Å². The predicted molar refractivity (Wildman–Crippen MR) is 116 cm³/mol. The van der Waals surface area contributed by atoms with Crippen LogP contribution in [0.3, 0.4) is 0 Å². The maximum atomic E-state index is 6.06. The zero-order chi connectivity index (χ0) is 19.6. The Kier molecular flexibility index (Phi) is 7.64. The molecule has 3 rings (SSSR count). The van der Waals surface area contributed by atoms with Crippen molar-refractivity contribution in [3.05, 3.63) is 71.2 Å². The van der Waals surface area contributed by atoms with Crippen LogP contribution in [-0.2, 0) is 11.2 Å². The second-order valence-corrected chi connectivity index (χ2v) is 6.84. The number of anilines is 2. The van der Waals surface area contributed by atoms with Crippen molar-refractivity contribution in [1.29, 1.82) is 0 Å². The van der Waals surface area contributed by atoms with Crippen LogP contribution in [0, 0.1) is 0 Å². The highest BCUT2D eigenvalue weighted by Crippen LogP contribution is 2.20. The molecule has 0 saturated heterocycles. The average Bonchev–Trinajstić information content (AvgIpc) is 2.72. The van der Waals surface area contributed by atoms with E-state index in [1.165, 1.54) is 5.56 Å². The van der Waals surface area contributed by atoms with Gasteiger partial charge in [0.25, 0.3) is 0 Å². The zero-order valence-corrected chi connectivity index (χ0v) is 16.7. The van der Waals surface area contributed by atoms with E-state index < -0.39 is 0 Å². The van der Waals surface area contributed by atoms with Crippen molar-refractivity contribution < 1.29 is 4.74 Å². The van der Waals surface area contributed by atoms with Crippen molar-refractivity contribution in [3.8, 4) is 11.4 Å². The molecule has 0 aliphatic rings. The van der Waals surface area contributed by atoms with Crippen molar-refractivity contribution in [1.82, 2.24) is 9.97 Å². The molecule has 0 atom stereocenters. The first kappa shape index (κ1) is 20.1. The number of hydrogen-bond acceptors (Lipinski definition) is 5. The van der Waals surface area contributed by atoms with Gasteiger partial charge < -0.3 is 15.4 Å². The summed E-state index contributed by atoms with van der Waals surface area (Å²) < 4.78 is 5.11. The topological polar surface area (TPSA) is 59.1 Å². The van der Waals surface area contributed by atoms with Crippen LogP contribution in [0.15, 0.2) is 60.7 Å². The van der Waals surface area contributed by atoms with Crippen molar-refractivity contribution in [2.24, 2.45) is 0 Å². The average molecular weight is 397 g/mol. The standard InChI is InChI=1S/C22H25ClN4O/c1-28-14-6-12-24-20-16-21(25-13-11-17-7-5-10-19(23)15-17)27-22(26-20)18-8-3-2-4-9-18/h2-5,7-10,15-16H,6,11-14H2,1H3,(H2,24,25,26,27). The summed E-state index contributed by atoms with van der Waals surface area (Å²) in [5.74, 6) is 2.29. The minimum atomic E-state index is 0.697. The number of benzene rings is 2. The van der Waals surface area contributed by atoms with Crippen molar-refractivity contribution in [3.63, 3.8) is 0 Å². The van der Waals surface area contributed by atoms with Gasteiger partial charge in [-0.2, -0.15) is 0 Å². The third kappa shape index (κ3) is 6.22. The zero-order valence-electron chi connectivity index (χ0n) is 16.0. The molecule has 0 spiro atoms. The lowest BCUT2D eigenvalue weighted by Crippen LogP contribution is -2.10. The molecule has 2 N–H and O–H groups in total. The van der Waals surface area contributed by atoms with Gasteiger partial charge in [-0.15, -0.1) is 0 Å². The normalized spacial score (nSPS) is 10.6. The van der Waals surface area contributed by atoms with Crippen LogP contribution >= 0.6 is 11.6 Å². The number of methoxy groups -OCH3 is 1. The number of nitrogens with one attached hydrogen (secondary N) is 2. The Morgan fingerprint density at radius 2 is 1.64 bits per heavy atom. The number of rotatable bonds is 10. The smallest absolute Gasteiger partial charge is 0.163 e.